The first-order chi connectivity index (χ1) is 9.74. The fraction of sp³-hybridized carbons (Fsp3) is 0.125. The van der Waals surface area contributed by atoms with E-state index in [9.17, 15) is 4.79 Å². The van der Waals surface area contributed by atoms with Gasteiger partial charge in [0.05, 0.1) is 12.2 Å². The average molecular weight is 265 g/mol. The van der Waals surface area contributed by atoms with Crippen LogP contribution in [-0.4, -0.2) is 14.3 Å². The second-order valence-corrected chi connectivity index (χ2v) is 4.76. The SMILES string of the molecule is Cc1ccc(-n2cnn(Cc3ccccc3)c2=O)cc1. The van der Waals surface area contributed by atoms with Gasteiger partial charge in [-0.1, -0.05) is 48.0 Å². The third-order valence-electron chi connectivity index (χ3n) is 3.22. The number of aromatic nitrogens is 3. The molecule has 0 aliphatic heterocycles. The fourth-order valence-corrected chi connectivity index (χ4v) is 2.08. The van der Waals surface area contributed by atoms with E-state index < -0.39 is 0 Å². The summed E-state index contributed by atoms with van der Waals surface area (Å²) in [4.78, 5) is 12.3. The molecule has 0 saturated heterocycles. The molecule has 0 atom stereocenters. The van der Waals surface area contributed by atoms with E-state index in [1.807, 2.05) is 61.5 Å². The largest absolute Gasteiger partial charge is 0.350 e. The van der Waals surface area contributed by atoms with Crippen molar-refractivity contribution < 1.29 is 0 Å². The zero-order chi connectivity index (χ0) is 13.9. The number of hydrogen-bond acceptors (Lipinski definition) is 2. The smallest absolute Gasteiger partial charge is 0.250 e. The van der Waals surface area contributed by atoms with E-state index in [2.05, 4.69) is 5.10 Å². The maximum atomic E-state index is 12.3. The number of benzene rings is 2. The maximum Gasteiger partial charge on any atom is 0.350 e. The fourth-order valence-electron chi connectivity index (χ4n) is 2.08. The van der Waals surface area contributed by atoms with Crippen LogP contribution < -0.4 is 5.69 Å². The van der Waals surface area contributed by atoms with Gasteiger partial charge in [0.2, 0.25) is 0 Å². The van der Waals surface area contributed by atoms with Crippen molar-refractivity contribution in [1.29, 1.82) is 0 Å². The van der Waals surface area contributed by atoms with Crippen molar-refractivity contribution in [3.63, 3.8) is 0 Å². The van der Waals surface area contributed by atoms with Crippen LogP contribution in [0, 0.1) is 6.92 Å². The molecule has 1 aromatic heterocycles. The normalized spacial score (nSPS) is 10.7. The van der Waals surface area contributed by atoms with E-state index in [4.69, 9.17) is 0 Å². The molecule has 0 bridgehead atoms. The molecule has 4 nitrogen and oxygen atoms in total. The summed E-state index contributed by atoms with van der Waals surface area (Å²) in [5.41, 5.74) is 2.93. The molecule has 0 spiro atoms. The van der Waals surface area contributed by atoms with Gasteiger partial charge < -0.3 is 0 Å². The average Bonchev–Trinajstić information content (AvgIpc) is 2.83. The van der Waals surface area contributed by atoms with Gasteiger partial charge in [-0.05, 0) is 24.6 Å². The predicted octanol–water partition coefficient (Wildman–Crippen LogP) is 2.39. The lowest BCUT2D eigenvalue weighted by Gasteiger charge is -2.01. The van der Waals surface area contributed by atoms with E-state index in [1.54, 1.807) is 10.9 Å². The standard InChI is InChI=1S/C16H15N3O/c1-13-7-9-15(10-8-13)18-12-17-19(16(18)20)11-14-5-3-2-4-6-14/h2-10,12H,11H2,1H3. The number of aryl methyl sites for hydroxylation is 1. The molecule has 100 valence electrons. The van der Waals surface area contributed by atoms with Crippen molar-refractivity contribution in [3.05, 3.63) is 82.5 Å². The lowest BCUT2D eigenvalue weighted by Crippen LogP contribution is -2.24. The van der Waals surface area contributed by atoms with E-state index >= 15 is 0 Å². The molecule has 3 rings (SSSR count). The highest BCUT2D eigenvalue weighted by Gasteiger charge is 2.06. The molecule has 4 heteroatoms. The van der Waals surface area contributed by atoms with Crippen LogP contribution in [0.3, 0.4) is 0 Å². The summed E-state index contributed by atoms with van der Waals surface area (Å²) < 4.78 is 3.03. The van der Waals surface area contributed by atoms with Crippen LogP contribution in [0.1, 0.15) is 11.1 Å². The Morgan fingerprint density at radius 3 is 2.40 bits per heavy atom. The molecule has 0 N–H and O–H groups in total. The quantitative estimate of drug-likeness (QED) is 0.729. The summed E-state index contributed by atoms with van der Waals surface area (Å²) in [7, 11) is 0. The Bertz CT molecular complexity index is 754. The van der Waals surface area contributed by atoms with Crippen molar-refractivity contribution >= 4 is 0 Å². The molecule has 0 saturated carbocycles. The Hall–Kier alpha value is -2.62. The monoisotopic (exact) mass is 265 g/mol. The molecule has 2 aromatic carbocycles. The molecule has 3 aromatic rings. The summed E-state index contributed by atoms with van der Waals surface area (Å²) in [5, 5.41) is 4.18. The molecule has 0 aliphatic rings. The Kier molecular flexibility index (Phi) is 3.21. The van der Waals surface area contributed by atoms with Gasteiger partial charge in [-0.25, -0.2) is 14.0 Å². The van der Waals surface area contributed by atoms with Gasteiger partial charge in [-0.15, -0.1) is 0 Å². The van der Waals surface area contributed by atoms with Crippen LogP contribution in [0.4, 0.5) is 0 Å². The Morgan fingerprint density at radius 2 is 1.70 bits per heavy atom. The minimum Gasteiger partial charge on any atom is -0.250 e. The Balaban J connectivity index is 1.93. The highest BCUT2D eigenvalue weighted by Crippen LogP contribution is 2.06. The topological polar surface area (TPSA) is 39.8 Å². The first kappa shape index (κ1) is 12.4. The third kappa shape index (κ3) is 2.40. The van der Waals surface area contributed by atoms with Crippen LogP contribution in [0.2, 0.25) is 0 Å². The van der Waals surface area contributed by atoms with Crippen molar-refractivity contribution in [2.24, 2.45) is 0 Å². The lowest BCUT2D eigenvalue weighted by molar-refractivity contribution is 0.653. The van der Waals surface area contributed by atoms with Gasteiger partial charge in [-0.2, -0.15) is 5.10 Å². The molecule has 0 unspecified atom stereocenters. The van der Waals surface area contributed by atoms with Crippen molar-refractivity contribution in [3.8, 4) is 5.69 Å². The molecule has 0 fully saturated rings. The molecule has 20 heavy (non-hydrogen) atoms. The minimum atomic E-state index is -0.127. The summed E-state index contributed by atoms with van der Waals surface area (Å²) in [5.74, 6) is 0. The molecule has 0 aliphatic carbocycles. The van der Waals surface area contributed by atoms with Crippen LogP contribution >= 0.6 is 0 Å². The molecule has 0 amide bonds. The first-order valence-corrected chi connectivity index (χ1v) is 6.49. The second kappa shape index (κ2) is 5.17. The van der Waals surface area contributed by atoms with Gasteiger partial charge in [-0.3, -0.25) is 0 Å². The molecule has 0 radical (unpaired) electrons. The molecule has 1 heterocycles. The maximum absolute atomic E-state index is 12.3. The summed E-state index contributed by atoms with van der Waals surface area (Å²) in [6.45, 7) is 2.50. The first-order valence-electron chi connectivity index (χ1n) is 6.49. The van der Waals surface area contributed by atoms with E-state index in [1.165, 1.54) is 10.2 Å². The Labute approximate surface area is 116 Å². The van der Waals surface area contributed by atoms with E-state index in [-0.39, 0.29) is 5.69 Å². The molecular formula is C16H15N3O. The van der Waals surface area contributed by atoms with Crippen molar-refractivity contribution in [2.45, 2.75) is 13.5 Å². The highest BCUT2D eigenvalue weighted by molar-refractivity contribution is 5.33. The van der Waals surface area contributed by atoms with E-state index in [0.29, 0.717) is 6.54 Å². The van der Waals surface area contributed by atoms with Gasteiger partial charge in [0.25, 0.3) is 0 Å². The van der Waals surface area contributed by atoms with Crippen LogP contribution in [0.5, 0.6) is 0 Å². The summed E-state index contributed by atoms with van der Waals surface area (Å²) in [6.07, 6.45) is 1.57. The zero-order valence-electron chi connectivity index (χ0n) is 11.2. The minimum absolute atomic E-state index is 0.127. The van der Waals surface area contributed by atoms with Gasteiger partial charge in [0, 0.05) is 0 Å². The summed E-state index contributed by atoms with van der Waals surface area (Å²) >= 11 is 0. The van der Waals surface area contributed by atoms with Crippen LogP contribution in [-0.2, 0) is 6.54 Å². The predicted molar refractivity (Wildman–Crippen MR) is 78.1 cm³/mol. The van der Waals surface area contributed by atoms with Crippen LogP contribution in [0.15, 0.2) is 65.7 Å². The number of hydrogen-bond donors (Lipinski definition) is 0. The zero-order valence-corrected chi connectivity index (χ0v) is 11.2. The van der Waals surface area contributed by atoms with Crippen molar-refractivity contribution in [1.82, 2.24) is 14.3 Å². The Morgan fingerprint density at radius 1 is 1.00 bits per heavy atom. The lowest BCUT2D eigenvalue weighted by atomic mass is 10.2. The van der Waals surface area contributed by atoms with Gasteiger partial charge in [0.15, 0.2) is 0 Å². The second-order valence-electron chi connectivity index (χ2n) is 4.76. The number of rotatable bonds is 3. The number of nitrogens with zero attached hydrogens (tertiary/aromatic N) is 3. The third-order valence-corrected chi connectivity index (χ3v) is 3.22. The highest BCUT2D eigenvalue weighted by atomic mass is 16.2. The van der Waals surface area contributed by atoms with Gasteiger partial charge in [0.1, 0.15) is 6.33 Å². The van der Waals surface area contributed by atoms with E-state index in [0.717, 1.165) is 11.3 Å². The van der Waals surface area contributed by atoms with Crippen molar-refractivity contribution in [2.75, 3.05) is 0 Å². The summed E-state index contributed by atoms with van der Waals surface area (Å²) in [6, 6.07) is 17.6. The van der Waals surface area contributed by atoms with Crippen LogP contribution in [0.25, 0.3) is 5.69 Å². The van der Waals surface area contributed by atoms with Gasteiger partial charge >= 0.3 is 5.69 Å². The molecular weight excluding hydrogens is 250 g/mol.